The summed E-state index contributed by atoms with van der Waals surface area (Å²) in [6.07, 6.45) is 1.35. The first-order valence-corrected chi connectivity index (χ1v) is 12.0. The number of halogens is 2. The zero-order valence-electron chi connectivity index (χ0n) is 20.8. The van der Waals surface area contributed by atoms with Gasteiger partial charge in [-0.05, 0) is 50.3 Å². The lowest BCUT2D eigenvalue weighted by Crippen LogP contribution is -2.44. The van der Waals surface area contributed by atoms with E-state index in [1.807, 2.05) is 0 Å². The summed E-state index contributed by atoms with van der Waals surface area (Å²) in [5.74, 6) is -1.12. The van der Waals surface area contributed by atoms with Crippen molar-refractivity contribution in [1.82, 2.24) is 15.2 Å². The van der Waals surface area contributed by atoms with Crippen molar-refractivity contribution < 1.29 is 41.8 Å². The third-order valence-electron chi connectivity index (χ3n) is 6.25. The number of carbonyl (C=O) groups excluding carboxylic acids is 3. The van der Waals surface area contributed by atoms with Gasteiger partial charge in [-0.2, -0.15) is 8.78 Å². The minimum absolute atomic E-state index is 0.0143. The van der Waals surface area contributed by atoms with E-state index < -0.39 is 42.6 Å². The number of primary amides is 1. The van der Waals surface area contributed by atoms with Crippen LogP contribution in [0.2, 0.25) is 0 Å². The zero-order chi connectivity index (χ0) is 27.6. The van der Waals surface area contributed by atoms with Gasteiger partial charge in [0.1, 0.15) is 6.04 Å². The standard InChI is InChI=1S/C24H29F2N5O7/c1-11(27)19-18(22(33)31-9-14(29-24(34)35-2)8-15(31)20(28)32)30-21(38-19)13-5-6-16(37-23(25)26)17(7-13)36-10-12-3-4-12/h5-7,11-12,14-15,23H,3-4,8-10,27H2,1-2H3,(H2,28,32)(H,29,34)/t11-,14+,15-/m0/s1. The second kappa shape index (κ2) is 11.2. The topological polar surface area (TPSA) is 172 Å². The molecule has 5 N–H and O–H groups in total. The van der Waals surface area contributed by atoms with Crippen molar-refractivity contribution in [3.05, 3.63) is 29.7 Å². The highest BCUT2D eigenvalue weighted by atomic mass is 19.3. The van der Waals surface area contributed by atoms with Gasteiger partial charge in [-0.1, -0.05) is 0 Å². The van der Waals surface area contributed by atoms with E-state index in [1.165, 1.54) is 30.2 Å². The summed E-state index contributed by atoms with van der Waals surface area (Å²) in [6, 6.07) is 1.81. The van der Waals surface area contributed by atoms with Crippen LogP contribution in [0.3, 0.4) is 0 Å². The molecule has 2 fully saturated rings. The van der Waals surface area contributed by atoms with Gasteiger partial charge in [0, 0.05) is 12.1 Å². The largest absolute Gasteiger partial charge is 0.489 e. The van der Waals surface area contributed by atoms with Crippen LogP contribution in [0.15, 0.2) is 22.6 Å². The van der Waals surface area contributed by atoms with Crippen LogP contribution in [-0.4, -0.2) is 66.7 Å². The van der Waals surface area contributed by atoms with Gasteiger partial charge in [0.2, 0.25) is 11.8 Å². The molecule has 14 heteroatoms. The summed E-state index contributed by atoms with van der Waals surface area (Å²) in [6.45, 7) is -1.15. The molecule has 0 spiro atoms. The smallest absolute Gasteiger partial charge is 0.407 e. The van der Waals surface area contributed by atoms with E-state index in [0.717, 1.165) is 12.8 Å². The van der Waals surface area contributed by atoms with Crippen LogP contribution in [0, 0.1) is 5.92 Å². The van der Waals surface area contributed by atoms with Crippen molar-refractivity contribution >= 4 is 17.9 Å². The van der Waals surface area contributed by atoms with Gasteiger partial charge in [-0.3, -0.25) is 9.59 Å². The van der Waals surface area contributed by atoms with Gasteiger partial charge in [0.15, 0.2) is 23.0 Å². The summed E-state index contributed by atoms with van der Waals surface area (Å²) in [4.78, 5) is 42.8. The lowest BCUT2D eigenvalue weighted by molar-refractivity contribution is -0.121. The van der Waals surface area contributed by atoms with Crippen molar-refractivity contribution in [3.8, 4) is 23.0 Å². The number of nitrogens with zero attached hydrogens (tertiary/aromatic N) is 2. The van der Waals surface area contributed by atoms with Crippen molar-refractivity contribution in [3.63, 3.8) is 0 Å². The Morgan fingerprint density at radius 1 is 1.26 bits per heavy atom. The van der Waals surface area contributed by atoms with E-state index in [4.69, 9.17) is 20.6 Å². The molecule has 4 rings (SSSR count). The first-order chi connectivity index (χ1) is 18.1. The summed E-state index contributed by atoms with van der Waals surface area (Å²) >= 11 is 0. The van der Waals surface area contributed by atoms with Gasteiger partial charge in [0.25, 0.3) is 5.91 Å². The highest BCUT2D eigenvalue weighted by Crippen LogP contribution is 2.37. The fraction of sp³-hybridized carbons (Fsp3) is 0.500. The van der Waals surface area contributed by atoms with Gasteiger partial charge in [0.05, 0.1) is 25.8 Å². The number of nitrogens with one attached hydrogen (secondary N) is 1. The quantitative estimate of drug-likeness (QED) is 0.411. The molecule has 1 aromatic heterocycles. The molecule has 2 aliphatic rings. The predicted molar refractivity (Wildman–Crippen MR) is 127 cm³/mol. The minimum Gasteiger partial charge on any atom is -0.489 e. The molecule has 1 saturated heterocycles. The molecule has 1 aliphatic heterocycles. The highest BCUT2D eigenvalue weighted by molar-refractivity contribution is 5.97. The van der Waals surface area contributed by atoms with E-state index in [0.29, 0.717) is 18.1 Å². The average Bonchev–Trinajstić information content (AvgIpc) is 3.42. The number of methoxy groups -OCH3 is 1. The molecule has 0 bridgehead atoms. The highest BCUT2D eigenvalue weighted by Gasteiger charge is 2.41. The van der Waals surface area contributed by atoms with Crippen LogP contribution in [0.5, 0.6) is 11.5 Å². The lowest BCUT2D eigenvalue weighted by Gasteiger charge is -2.21. The van der Waals surface area contributed by atoms with Crippen LogP contribution in [-0.2, 0) is 9.53 Å². The molecule has 1 saturated carbocycles. The van der Waals surface area contributed by atoms with Crippen LogP contribution >= 0.6 is 0 Å². The number of aromatic nitrogens is 1. The van der Waals surface area contributed by atoms with Gasteiger partial charge in [-0.25, -0.2) is 9.78 Å². The molecule has 38 heavy (non-hydrogen) atoms. The first-order valence-electron chi connectivity index (χ1n) is 12.0. The Hall–Kier alpha value is -3.94. The molecule has 1 aromatic carbocycles. The van der Waals surface area contributed by atoms with E-state index >= 15 is 0 Å². The lowest BCUT2D eigenvalue weighted by atomic mass is 10.1. The van der Waals surface area contributed by atoms with Crippen molar-refractivity contribution in [2.45, 2.75) is 50.9 Å². The first kappa shape index (κ1) is 27.1. The second-order valence-electron chi connectivity index (χ2n) is 9.26. The summed E-state index contributed by atoms with van der Waals surface area (Å²) in [5.41, 5.74) is 11.8. The number of nitrogens with two attached hydrogens (primary N) is 2. The number of alkyl halides is 2. The molecule has 1 aliphatic carbocycles. The summed E-state index contributed by atoms with van der Waals surface area (Å²) in [7, 11) is 1.19. The van der Waals surface area contributed by atoms with E-state index in [9.17, 15) is 23.2 Å². The third-order valence-corrected chi connectivity index (χ3v) is 6.25. The number of hydrogen-bond acceptors (Lipinski definition) is 9. The molecular weight excluding hydrogens is 508 g/mol. The Balaban J connectivity index is 1.64. The molecule has 2 aromatic rings. The Morgan fingerprint density at radius 3 is 2.61 bits per heavy atom. The van der Waals surface area contributed by atoms with Crippen molar-refractivity contribution in [2.24, 2.45) is 17.4 Å². The Morgan fingerprint density at radius 2 is 2.00 bits per heavy atom. The van der Waals surface area contributed by atoms with E-state index in [2.05, 4.69) is 19.8 Å². The average molecular weight is 538 g/mol. The molecule has 3 atom stereocenters. The number of hydrogen-bond donors (Lipinski definition) is 3. The fourth-order valence-electron chi connectivity index (χ4n) is 4.15. The number of likely N-dealkylation sites (tertiary alicyclic amines) is 1. The Labute approximate surface area is 216 Å². The fourth-order valence-corrected chi connectivity index (χ4v) is 4.15. The Bertz CT molecular complexity index is 1200. The number of amides is 3. The Kier molecular flexibility index (Phi) is 7.99. The molecule has 12 nitrogen and oxygen atoms in total. The zero-order valence-corrected chi connectivity index (χ0v) is 20.8. The number of alkyl carbamates (subject to hydrolysis) is 1. The van der Waals surface area contributed by atoms with Crippen LogP contribution in [0.25, 0.3) is 11.5 Å². The molecule has 0 radical (unpaired) electrons. The minimum atomic E-state index is -3.05. The normalized spacial score (nSPS) is 19.8. The van der Waals surface area contributed by atoms with Crippen LogP contribution < -0.4 is 26.3 Å². The molecule has 3 amide bonds. The van der Waals surface area contributed by atoms with Crippen molar-refractivity contribution in [2.75, 3.05) is 20.3 Å². The summed E-state index contributed by atoms with van der Waals surface area (Å²) in [5, 5.41) is 2.56. The van der Waals surface area contributed by atoms with Crippen LogP contribution in [0.1, 0.15) is 48.5 Å². The number of carbonyl (C=O) groups is 3. The number of benzene rings is 1. The summed E-state index contributed by atoms with van der Waals surface area (Å²) < 4.78 is 46.5. The number of ether oxygens (including phenoxy) is 3. The van der Waals surface area contributed by atoms with Crippen LogP contribution in [0.4, 0.5) is 13.6 Å². The molecule has 2 heterocycles. The number of oxazole rings is 1. The molecule has 206 valence electrons. The third kappa shape index (κ3) is 6.13. The predicted octanol–water partition coefficient (Wildman–Crippen LogP) is 2.18. The maximum Gasteiger partial charge on any atom is 0.407 e. The van der Waals surface area contributed by atoms with Crippen molar-refractivity contribution in [1.29, 1.82) is 0 Å². The maximum atomic E-state index is 13.5. The van der Waals surface area contributed by atoms with Gasteiger partial charge < -0.3 is 40.3 Å². The SMILES string of the molecule is COC(=O)N[C@@H]1C[C@@H](C(N)=O)N(C(=O)c2nc(-c3ccc(OC(F)F)c(OCC4CC4)c3)oc2[C@H](C)N)C1. The molecular formula is C24H29F2N5O7. The van der Waals surface area contributed by atoms with E-state index in [-0.39, 0.29) is 41.8 Å². The molecule has 0 unspecified atom stereocenters. The number of rotatable bonds is 10. The van der Waals surface area contributed by atoms with Gasteiger partial charge in [-0.15, -0.1) is 0 Å². The van der Waals surface area contributed by atoms with E-state index in [1.54, 1.807) is 6.92 Å². The maximum absolute atomic E-state index is 13.5. The second-order valence-corrected chi connectivity index (χ2v) is 9.26. The van der Waals surface area contributed by atoms with Gasteiger partial charge >= 0.3 is 12.7 Å². The monoisotopic (exact) mass is 537 g/mol.